The molecule has 3 rings (SSSR count). The first-order valence-electron chi connectivity index (χ1n) is 5.95. The van der Waals surface area contributed by atoms with Gasteiger partial charge < -0.3 is 18.9 Å². The van der Waals surface area contributed by atoms with Gasteiger partial charge in [0.1, 0.15) is 29.7 Å². The Morgan fingerprint density at radius 3 is 2.59 bits per heavy atom. The van der Waals surface area contributed by atoms with Crippen molar-refractivity contribution in [2.24, 2.45) is 0 Å². The summed E-state index contributed by atoms with van der Waals surface area (Å²) in [7, 11) is 0. The standard InChI is InChI=1S/C13H8F3NO4S/c14-13(15,16)21-9-3-1-2-8(6-9)20-12-17-10(7-22-12)11-18-4-5-19-11/h1-7,11H. The molecule has 2 aromatic rings. The van der Waals surface area contributed by atoms with Crippen molar-refractivity contribution in [3.8, 4) is 16.7 Å². The molecule has 9 heteroatoms. The van der Waals surface area contributed by atoms with Gasteiger partial charge in [0.2, 0.25) is 0 Å². The molecular weight excluding hydrogens is 323 g/mol. The van der Waals surface area contributed by atoms with Crippen LogP contribution in [0.4, 0.5) is 13.2 Å². The van der Waals surface area contributed by atoms with E-state index in [2.05, 4.69) is 9.72 Å². The summed E-state index contributed by atoms with van der Waals surface area (Å²) >= 11 is 1.17. The van der Waals surface area contributed by atoms with Gasteiger partial charge in [0.25, 0.3) is 11.5 Å². The Bertz CT molecular complexity index is 678. The van der Waals surface area contributed by atoms with E-state index in [0.717, 1.165) is 6.07 Å². The normalized spacial score (nSPS) is 14.5. The molecule has 0 amide bonds. The topological polar surface area (TPSA) is 49.8 Å². The number of alkyl halides is 3. The Kier molecular flexibility index (Phi) is 3.80. The third kappa shape index (κ3) is 3.61. The molecule has 0 radical (unpaired) electrons. The molecule has 1 aliphatic rings. The van der Waals surface area contributed by atoms with Gasteiger partial charge >= 0.3 is 6.36 Å². The van der Waals surface area contributed by atoms with Gasteiger partial charge in [0, 0.05) is 11.4 Å². The maximum absolute atomic E-state index is 12.2. The fourth-order valence-corrected chi connectivity index (χ4v) is 2.33. The monoisotopic (exact) mass is 331 g/mol. The number of nitrogens with zero attached hydrogens (tertiary/aromatic N) is 1. The zero-order valence-corrected chi connectivity index (χ0v) is 11.6. The van der Waals surface area contributed by atoms with Crippen molar-refractivity contribution in [1.29, 1.82) is 0 Å². The van der Waals surface area contributed by atoms with Gasteiger partial charge in [-0.1, -0.05) is 17.4 Å². The summed E-state index contributed by atoms with van der Waals surface area (Å²) in [5, 5.41) is 1.92. The van der Waals surface area contributed by atoms with E-state index >= 15 is 0 Å². The summed E-state index contributed by atoms with van der Waals surface area (Å²) < 4.78 is 56.0. The molecule has 1 aromatic heterocycles. The van der Waals surface area contributed by atoms with Crippen molar-refractivity contribution < 1.29 is 32.1 Å². The molecule has 0 saturated carbocycles. The molecule has 2 heterocycles. The average molecular weight is 331 g/mol. The Balaban J connectivity index is 1.69. The number of thiazole rings is 1. The third-order valence-electron chi connectivity index (χ3n) is 2.45. The highest BCUT2D eigenvalue weighted by molar-refractivity contribution is 7.11. The predicted octanol–water partition coefficient (Wildman–Crippen LogP) is 4.35. The molecule has 0 spiro atoms. The lowest BCUT2D eigenvalue weighted by atomic mass is 10.3. The molecule has 116 valence electrons. The van der Waals surface area contributed by atoms with Crippen LogP contribution in [0.1, 0.15) is 12.0 Å². The fraction of sp³-hybridized carbons (Fsp3) is 0.154. The molecule has 0 aliphatic carbocycles. The molecule has 0 saturated heterocycles. The van der Waals surface area contributed by atoms with Gasteiger partial charge in [-0.3, -0.25) is 0 Å². The molecule has 0 unspecified atom stereocenters. The summed E-state index contributed by atoms with van der Waals surface area (Å²) in [6.07, 6.45) is -2.60. The van der Waals surface area contributed by atoms with Gasteiger partial charge in [0.15, 0.2) is 0 Å². The predicted molar refractivity (Wildman–Crippen MR) is 69.4 cm³/mol. The summed E-state index contributed by atoms with van der Waals surface area (Å²) in [4.78, 5) is 4.14. The summed E-state index contributed by atoms with van der Waals surface area (Å²) in [5.74, 6) is -0.192. The maximum atomic E-state index is 12.2. The molecule has 1 aliphatic heterocycles. The molecular formula is C13H8F3NO4S. The van der Waals surface area contributed by atoms with Crippen molar-refractivity contribution in [2.75, 3.05) is 0 Å². The molecule has 1 aromatic carbocycles. The van der Waals surface area contributed by atoms with Crippen molar-refractivity contribution in [2.45, 2.75) is 12.7 Å². The Labute approximate surface area is 126 Å². The van der Waals surface area contributed by atoms with E-state index in [4.69, 9.17) is 14.2 Å². The summed E-state index contributed by atoms with van der Waals surface area (Å²) in [6, 6.07) is 5.19. The lowest BCUT2D eigenvalue weighted by Gasteiger charge is -2.09. The quantitative estimate of drug-likeness (QED) is 0.833. The van der Waals surface area contributed by atoms with E-state index in [-0.39, 0.29) is 16.7 Å². The summed E-state index contributed by atoms with van der Waals surface area (Å²) in [6.45, 7) is 0. The number of aromatic nitrogens is 1. The van der Waals surface area contributed by atoms with Crippen LogP contribution in [0.2, 0.25) is 0 Å². The van der Waals surface area contributed by atoms with Crippen LogP contribution in [-0.4, -0.2) is 11.3 Å². The number of hydrogen-bond donors (Lipinski definition) is 0. The highest BCUT2D eigenvalue weighted by atomic mass is 32.1. The maximum Gasteiger partial charge on any atom is 0.573 e. The lowest BCUT2D eigenvalue weighted by molar-refractivity contribution is -0.274. The van der Waals surface area contributed by atoms with Gasteiger partial charge in [-0.25, -0.2) is 0 Å². The highest BCUT2D eigenvalue weighted by Gasteiger charge is 2.31. The largest absolute Gasteiger partial charge is 0.573 e. The van der Waals surface area contributed by atoms with Crippen LogP contribution in [0.15, 0.2) is 42.2 Å². The van der Waals surface area contributed by atoms with E-state index in [1.54, 1.807) is 5.38 Å². The van der Waals surface area contributed by atoms with Crippen molar-refractivity contribution >= 4 is 11.3 Å². The smallest absolute Gasteiger partial charge is 0.454 e. The van der Waals surface area contributed by atoms with Crippen molar-refractivity contribution in [3.05, 3.63) is 47.9 Å². The Hall–Kier alpha value is -2.42. The first kappa shape index (κ1) is 14.5. The molecule has 0 bridgehead atoms. The zero-order valence-electron chi connectivity index (χ0n) is 10.7. The van der Waals surface area contributed by atoms with Crippen LogP contribution in [0.25, 0.3) is 0 Å². The minimum atomic E-state index is -4.75. The van der Waals surface area contributed by atoms with E-state index < -0.39 is 12.7 Å². The van der Waals surface area contributed by atoms with Crippen LogP contribution in [0.3, 0.4) is 0 Å². The second-order valence-electron chi connectivity index (χ2n) is 4.04. The van der Waals surface area contributed by atoms with E-state index in [9.17, 15) is 13.2 Å². The average Bonchev–Trinajstić information content (AvgIpc) is 3.07. The third-order valence-corrected chi connectivity index (χ3v) is 3.18. The molecule has 22 heavy (non-hydrogen) atoms. The fourth-order valence-electron chi connectivity index (χ4n) is 1.64. The minimum Gasteiger partial charge on any atom is -0.454 e. The van der Waals surface area contributed by atoms with Gasteiger partial charge in [-0.15, -0.1) is 13.2 Å². The second-order valence-corrected chi connectivity index (χ2v) is 4.86. The first-order chi connectivity index (χ1) is 10.5. The molecule has 0 fully saturated rings. The van der Waals surface area contributed by atoms with Crippen molar-refractivity contribution in [1.82, 2.24) is 4.98 Å². The van der Waals surface area contributed by atoms with E-state index in [1.807, 2.05) is 0 Å². The van der Waals surface area contributed by atoms with Gasteiger partial charge in [0.05, 0.1) is 0 Å². The number of rotatable bonds is 4. The minimum absolute atomic E-state index is 0.175. The van der Waals surface area contributed by atoms with Crippen LogP contribution in [0, 0.1) is 0 Å². The number of ether oxygens (including phenoxy) is 4. The van der Waals surface area contributed by atoms with E-state index in [0.29, 0.717) is 5.69 Å². The summed E-state index contributed by atoms with van der Waals surface area (Å²) in [5.41, 5.74) is 0.507. The van der Waals surface area contributed by atoms with E-state index in [1.165, 1.54) is 42.1 Å². The van der Waals surface area contributed by atoms with Crippen molar-refractivity contribution in [3.63, 3.8) is 0 Å². The van der Waals surface area contributed by atoms with Crippen LogP contribution >= 0.6 is 11.3 Å². The molecule has 5 nitrogen and oxygen atoms in total. The highest BCUT2D eigenvalue weighted by Crippen LogP contribution is 2.33. The SMILES string of the molecule is FC(F)(F)Oc1cccc(Oc2nc(C3OC=CO3)cs2)c1. The lowest BCUT2D eigenvalue weighted by Crippen LogP contribution is -2.16. The van der Waals surface area contributed by atoms with Crippen LogP contribution in [-0.2, 0) is 9.47 Å². The van der Waals surface area contributed by atoms with Crippen LogP contribution in [0.5, 0.6) is 16.7 Å². The van der Waals surface area contributed by atoms with Gasteiger partial charge in [-0.05, 0) is 12.1 Å². The number of benzene rings is 1. The first-order valence-corrected chi connectivity index (χ1v) is 6.82. The number of halogens is 3. The molecule has 0 N–H and O–H groups in total. The molecule has 0 atom stereocenters. The van der Waals surface area contributed by atoms with Crippen LogP contribution < -0.4 is 9.47 Å². The number of hydrogen-bond acceptors (Lipinski definition) is 6. The Morgan fingerprint density at radius 2 is 1.86 bits per heavy atom. The second kappa shape index (κ2) is 5.76. The zero-order chi connectivity index (χ0) is 15.6. The van der Waals surface area contributed by atoms with Gasteiger partial charge in [-0.2, -0.15) is 4.98 Å². The Morgan fingerprint density at radius 1 is 1.14 bits per heavy atom.